The number of aromatic nitrogens is 4. The number of ether oxygens (including phenoxy) is 1. The van der Waals surface area contributed by atoms with Crippen LogP contribution in [0, 0.1) is 0 Å². The van der Waals surface area contributed by atoms with Crippen molar-refractivity contribution in [1.29, 1.82) is 0 Å². The van der Waals surface area contributed by atoms with Crippen molar-refractivity contribution in [1.82, 2.24) is 19.7 Å². The Bertz CT molecular complexity index is 1200. The van der Waals surface area contributed by atoms with Crippen LogP contribution in [-0.4, -0.2) is 39.4 Å². The molecule has 4 aromatic rings. The van der Waals surface area contributed by atoms with E-state index in [1.54, 1.807) is 10.9 Å². The van der Waals surface area contributed by atoms with Gasteiger partial charge in [-0.15, -0.1) is 0 Å². The normalized spacial score (nSPS) is 17.0. The highest BCUT2D eigenvalue weighted by atomic mass is 35.5. The maximum absolute atomic E-state index is 12.7. The van der Waals surface area contributed by atoms with E-state index in [-0.39, 0.29) is 11.7 Å². The smallest absolute Gasteiger partial charge is 0.263 e. The molecule has 1 aliphatic rings. The van der Waals surface area contributed by atoms with Crippen LogP contribution in [0.2, 0.25) is 5.02 Å². The predicted molar refractivity (Wildman–Crippen MR) is 112 cm³/mol. The summed E-state index contributed by atoms with van der Waals surface area (Å²) in [5, 5.41) is 5.51. The van der Waals surface area contributed by atoms with Gasteiger partial charge in [0.05, 0.1) is 25.0 Å². The lowest BCUT2D eigenvalue weighted by Gasteiger charge is -2.33. The van der Waals surface area contributed by atoms with Crippen LogP contribution in [0.25, 0.3) is 16.7 Å². The van der Waals surface area contributed by atoms with E-state index in [9.17, 15) is 4.79 Å². The van der Waals surface area contributed by atoms with Gasteiger partial charge < -0.3 is 9.64 Å². The third-order valence-electron chi connectivity index (χ3n) is 5.03. The monoisotopic (exact) mass is 407 g/mol. The number of fused-ring (bicyclic) bond motifs is 1. The van der Waals surface area contributed by atoms with E-state index < -0.39 is 0 Å². The van der Waals surface area contributed by atoms with Gasteiger partial charge in [-0.1, -0.05) is 41.9 Å². The summed E-state index contributed by atoms with van der Waals surface area (Å²) in [5.74, 6) is 0.516. The molecule has 0 aliphatic carbocycles. The Morgan fingerprint density at radius 1 is 1.10 bits per heavy atom. The molecule has 0 amide bonds. The number of hydrogen-bond acceptors (Lipinski definition) is 5. The van der Waals surface area contributed by atoms with Crippen molar-refractivity contribution < 1.29 is 4.74 Å². The molecule has 1 saturated heterocycles. The van der Waals surface area contributed by atoms with E-state index in [2.05, 4.69) is 10.1 Å². The summed E-state index contributed by atoms with van der Waals surface area (Å²) in [6, 6.07) is 17.3. The van der Waals surface area contributed by atoms with Gasteiger partial charge in [0.15, 0.2) is 5.65 Å². The van der Waals surface area contributed by atoms with Crippen molar-refractivity contribution in [3.8, 4) is 5.69 Å². The van der Waals surface area contributed by atoms with Gasteiger partial charge >= 0.3 is 0 Å². The Labute approximate surface area is 171 Å². The molecule has 7 nitrogen and oxygen atoms in total. The molecule has 0 saturated carbocycles. The molecule has 3 heterocycles. The van der Waals surface area contributed by atoms with Crippen LogP contribution in [0.1, 0.15) is 11.7 Å². The lowest BCUT2D eigenvalue weighted by molar-refractivity contribution is 0.0392. The lowest BCUT2D eigenvalue weighted by Crippen LogP contribution is -2.40. The minimum atomic E-state index is -0.207. The molecular weight excluding hydrogens is 390 g/mol. The highest BCUT2D eigenvalue weighted by Gasteiger charge is 2.24. The van der Waals surface area contributed by atoms with Gasteiger partial charge in [-0.25, -0.2) is 4.68 Å². The molecule has 1 atom stereocenters. The average Bonchev–Trinajstić information content (AvgIpc) is 3.20. The molecule has 29 heavy (non-hydrogen) atoms. The fraction of sp³-hybridized carbons (Fsp3) is 0.190. The standard InChI is InChI=1S/C21H18ClN5O2/c22-15-8-6-14(7-9-15)18-13-26(10-11-29-18)21-24-19-17(20(28)25-21)12-23-27(19)16-4-2-1-3-5-16/h1-9,12,18H,10-11,13H2,(H,24,25,28). The Morgan fingerprint density at radius 3 is 2.69 bits per heavy atom. The quantitative estimate of drug-likeness (QED) is 0.563. The summed E-state index contributed by atoms with van der Waals surface area (Å²) < 4.78 is 7.61. The summed E-state index contributed by atoms with van der Waals surface area (Å²) >= 11 is 5.99. The zero-order valence-corrected chi connectivity index (χ0v) is 16.2. The van der Waals surface area contributed by atoms with Crippen LogP contribution in [0.3, 0.4) is 0 Å². The molecular formula is C21H18ClN5O2. The number of nitrogens with one attached hydrogen (secondary N) is 1. The van der Waals surface area contributed by atoms with Gasteiger partial charge in [0, 0.05) is 11.6 Å². The number of para-hydroxylation sites is 1. The van der Waals surface area contributed by atoms with E-state index in [0.717, 1.165) is 11.3 Å². The summed E-state index contributed by atoms with van der Waals surface area (Å²) in [6.07, 6.45) is 1.43. The molecule has 1 unspecified atom stereocenters. The summed E-state index contributed by atoms with van der Waals surface area (Å²) in [5.41, 5.74) is 2.22. The van der Waals surface area contributed by atoms with Gasteiger partial charge in [0.2, 0.25) is 5.95 Å². The maximum atomic E-state index is 12.7. The first-order valence-electron chi connectivity index (χ1n) is 9.34. The second-order valence-electron chi connectivity index (χ2n) is 6.88. The Hall–Kier alpha value is -3.16. The predicted octanol–water partition coefficient (Wildman–Crippen LogP) is 3.34. The summed E-state index contributed by atoms with van der Waals surface area (Å²) in [7, 11) is 0. The van der Waals surface area contributed by atoms with Crippen molar-refractivity contribution in [2.24, 2.45) is 0 Å². The molecule has 1 N–H and O–H groups in total. The number of hydrogen-bond donors (Lipinski definition) is 1. The zero-order chi connectivity index (χ0) is 19.8. The molecule has 0 spiro atoms. The zero-order valence-electron chi connectivity index (χ0n) is 15.5. The molecule has 0 bridgehead atoms. The number of aromatic amines is 1. The molecule has 5 rings (SSSR count). The Morgan fingerprint density at radius 2 is 1.90 bits per heavy atom. The fourth-order valence-electron chi connectivity index (χ4n) is 3.54. The molecule has 146 valence electrons. The van der Waals surface area contributed by atoms with E-state index in [4.69, 9.17) is 21.3 Å². The number of halogens is 1. The van der Waals surface area contributed by atoms with Crippen molar-refractivity contribution in [2.45, 2.75) is 6.10 Å². The van der Waals surface area contributed by atoms with Gasteiger partial charge in [-0.05, 0) is 29.8 Å². The van der Waals surface area contributed by atoms with Gasteiger partial charge in [-0.3, -0.25) is 9.78 Å². The molecule has 2 aromatic carbocycles. The number of H-pyrrole nitrogens is 1. The molecule has 2 aromatic heterocycles. The first kappa shape index (κ1) is 17.9. The topological polar surface area (TPSA) is 76.0 Å². The minimum absolute atomic E-state index is 0.124. The van der Waals surface area contributed by atoms with Gasteiger partial charge in [0.1, 0.15) is 11.5 Å². The number of benzene rings is 2. The average molecular weight is 408 g/mol. The van der Waals surface area contributed by atoms with Crippen molar-refractivity contribution in [2.75, 3.05) is 24.6 Å². The first-order chi connectivity index (χ1) is 14.2. The largest absolute Gasteiger partial charge is 0.370 e. The van der Waals surface area contributed by atoms with Crippen LogP contribution in [-0.2, 0) is 4.74 Å². The van der Waals surface area contributed by atoms with E-state index in [0.29, 0.717) is 41.7 Å². The van der Waals surface area contributed by atoms with E-state index in [1.165, 1.54) is 0 Å². The Kier molecular flexibility index (Phi) is 4.54. The lowest BCUT2D eigenvalue weighted by atomic mass is 10.1. The summed E-state index contributed by atoms with van der Waals surface area (Å²) in [4.78, 5) is 22.3. The first-order valence-corrected chi connectivity index (χ1v) is 9.72. The van der Waals surface area contributed by atoms with E-state index in [1.807, 2.05) is 59.5 Å². The molecule has 8 heteroatoms. The van der Waals surface area contributed by atoms with Crippen molar-refractivity contribution >= 4 is 28.6 Å². The molecule has 1 fully saturated rings. The maximum Gasteiger partial charge on any atom is 0.263 e. The van der Waals surface area contributed by atoms with E-state index >= 15 is 0 Å². The second-order valence-corrected chi connectivity index (χ2v) is 7.31. The van der Waals surface area contributed by atoms with Crippen LogP contribution in [0.15, 0.2) is 65.6 Å². The number of morpholine rings is 1. The van der Waals surface area contributed by atoms with Gasteiger partial charge in [-0.2, -0.15) is 10.1 Å². The third kappa shape index (κ3) is 3.39. The van der Waals surface area contributed by atoms with Crippen LogP contribution >= 0.6 is 11.6 Å². The highest BCUT2D eigenvalue weighted by molar-refractivity contribution is 6.30. The fourth-order valence-corrected chi connectivity index (χ4v) is 3.66. The summed E-state index contributed by atoms with van der Waals surface area (Å²) in [6.45, 7) is 1.75. The molecule has 1 aliphatic heterocycles. The number of anilines is 1. The van der Waals surface area contributed by atoms with Crippen LogP contribution in [0.4, 0.5) is 5.95 Å². The third-order valence-corrected chi connectivity index (χ3v) is 5.29. The highest BCUT2D eigenvalue weighted by Crippen LogP contribution is 2.26. The van der Waals surface area contributed by atoms with Crippen molar-refractivity contribution in [3.05, 3.63) is 81.7 Å². The van der Waals surface area contributed by atoms with Gasteiger partial charge in [0.25, 0.3) is 5.56 Å². The van der Waals surface area contributed by atoms with Crippen molar-refractivity contribution in [3.63, 3.8) is 0 Å². The number of rotatable bonds is 3. The van der Waals surface area contributed by atoms with Crippen LogP contribution < -0.4 is 10.5 Å². The SMILES string of the molecule is O=c1[nH]c(N2CCOC(c3ccc(Cl)cc3)C2)nc2c1cnn2-c1ccccc1. The second kappa shape index (κ2) is 7.35. The Balaban J connectivity index is 1.51. The van der Waals surface area contributed by atoms with Crippen LogP contribution in [0.5, 0.6) is 0 Å². The number of nitrogens with zero attached hydrogens (tertiary/aromatic N) is 4. The minimum Gasteiger partial charge on any atom is -0.370 e. The molecule has 0 radical (unpaired) electrons.